The van der Waals surface area contributed by atoms with Crippen LogP contribution in [0.25, 0.3) is 5.69 Å². The van der Waals surface area contributed by atoms with E-state index in [4.69, 9.17) is 38.3 Å². The zero-order valence-electron chi connectivity index (χ0n) is 21.2. The van der Waals surface area contributed by atoms with Crippen molar-refractivity contribution < 1.29 is 0 Å². The number of aromatic nitrogens is 2. The molecule has 0 unspecified atom stereocenters. The highest BCUT2D eigenvalue weighted by atomic mass is 79.9. The zero-order chi connectivity index (χ0) is 27.4. The van der Waals surface area contributed by atoms with Gasteiger partial charge in [-0.3, -0.25) is 0 Å². The Bertz CT molecular complexity index is 1830. The van der Waals surface area contributed by atoms with Crippen molar-refractivity contribution in [2.75, 3.05) is 10.2 Å². The molecule has 2 aliphatic heterocycles. The van der Waals surface area contributed by atoms with Gasteiger partial charge in [0.25, 0.3) is 0 Å². The van der Waals surface area contributed by atoms with Crippen LogP contribution in [0.1, 0.15) is 22.9 Å². The molecule has 196 valence electrons. The third-order valence-electron chi connectivity index (χ3n) is 6.93. The number of hydrogen-bond donors (Lipinski definition) is 1. The second-order valence-corrected chi connectivity index (χ2v) is 11.4. The molecule has 0 fully saturated rings. The summed E-state index contributed by atoms with van der Waals surface area (Å²) < 4.78 is 2.91. The van der Waals surface area contributed by atoms with Gasteiger partial charge in [-0.1, -0.05) is 81.6 Å². The van der Waals surface area contributed by atoms with E-state index in [1.54, 1.807) is 6.07 Å². The highest BCUT2D eigenvalue weighted by Gasteiger charge is 2.41. The van der Waals surface area contributed by atoms with Crippen molar-refractivity contribution in [2.45, 2.75) is 13.0 Å². The molecule has 2 aliphatic rings. The van der Waals surface area contributed by atoms with Gasteiger partial charge in [0.2, 0.25) is 0 Å². The fraction of sp³-hybridized carbons (Fsp3) is 0.0645. The van der Waals surface area contributed by atoms with E-state index in [9.17, 15) is 0 Å². The number of rotatable bonds is 3. The van der Waals surface area contributed by atoms with Crippen LogP contribution in [-0.2, 0) is 0 Å². The van der Waals surface area contributed by atoms with E-state index >= 15 is 0 Å². The first-order valence-corrected chi connectivity index (χ1v) is 14.2. The molecule has 6 nitrogen and oxygen atoms in total. The summed E-state index contributed by atoms with van der Waals surface area (Å²) >= 11 is 16.4. The van der Waals surface area contributed by atoms with Crippen molar-refractivity contribution in [1.82, 2.24) is 9.78 Å². The van der Waals surface area contributed by atoms with Gasteiger partial charge in [0.05, 0.1) is 28.8 Å². The van der Waals surface area contributed by atoms with E-state index in [2.05, 4.69) is 50.4 Å². The molecule has 1 N–H and O–H groups in total. The Morgan fingerprint density at radius 3 is 2.35 bits per heavy atom. The Morgan fingerprint density at radius 2 is 1.57 bits per heavy atom. The Balaban J connectivity index is 1.50. The third-order valence-corrected chi connectivity index (χ3v) is 7.86. The molecule has 7 rings (SSSR count). The minimum absolute atomic E-state index is 0.214. The van der Waals surface area contributed by atoms with Crippen LogP contribution < -0.4 is 10.2 Å². The lowest BCUT2D eigenvalue weighted by Crippen LogP contribution is -2.46. The number of para-hydroxylation sites is 3. The van der Waals surface area contributed by atoms with Crippen molar-refractivity contribution in [3.05, 3.63) is 128 Å². The molecule has 0 saturated carbocycles. The average Bonchev–Trinajstić information content (AvgIpc) is 3.28. The monoisotopic (exact) mass is 626 g/mol. The van der Waals surface area contributed by atoms with Crippen molar-refractivity contribution in [3.8, 4) is 5.69 Å². The number of hydrogen-bond acceptors (Lipinski definition) is 5. The Morgan fingerprint density at radius 1 is 0.825 bits per heavy atom. The van der Waals surface area contributed by atoms with Gasteiger partial charge in [0.1, 0.15) is 0 Å². The summed E-state index contributed by atoms with van der Waals surface area (Å²) in [6.45, 7) is 2.04. The van der Waals surface area contributed by atoms with E-state index in [-0.39, 0.29) is 6.04 Å². The van der Waals surface area contributed by atoms with Crippen molar-refractivity contribution in [3.63, 3.8) is 0 Å². The van der Waals surface area contributed by atoms with E-state index < -0.39 is 0 Å². The number of aryl methyl sites for hydroxylation is 1. The number of amidine groups is 2. The van der Waals surface area contributed by atoms with Gasteiger partial charge in [0.15, 0.2) is 17.5 Å². The molecule has 0 aliphatic carbocycles. The van der Waals surface area contributed by atoms with E-state index in [1.807, 2.05) is 78.3 Å². The molecular weight excluding hydrogens is 607 g/mol. The van der Waals surface area contributed by atoms with Crippen LogP contribution >= 0.6 is 39.1 Å². The first-order chi connectivity index (χ1) is 19.5. The molecule has 40 heavy (non-hydrogen) atoms. The van der Waals surface area contributed by atoms with Gasteiger partial charge in [0, 0.05) is 25.8 Å². The molecule has 9 heteroatoms. The quantitative estimate of drug-likeness (QED) is 0.217. The zero-order valence-corrected chi connectivity index (χ0v) is 24.3. The van der Waals surface area contributed by atoms with Crippen LogP contribution in [-0.4, -0.2) is 21.5 Å². The second kappa shape index (κ2) is 9.93. The van der Waals surface area contributed by atoms with Crippen molar-refractivity contribution in [2.24, 2.45) is 9.98 Å². The lowest BCUT2D eigenvalue weighted by Gasteiger charge is -2.40. The normalized spacial score (nSPS) is 15.5. The van der Waals surface area contributed by atoms with Gasteiger partial charge in [-0.15, -0.1) is 0 Å². The molecular formula is C31H21BrCl2N6. The highest BCUT2D eigenvalue weighted by molar-refractivity contribution is 9.10. The third kappa shape index (κ3) is 4.31. The number of halogens is 3. The molecule has 0 saturated heterocycles. The molecule has 3 heterocycles. The number of aliphatic imine (C=N–C) groups is 2. The maximum Gasteiger partial charge on any atom is 0.179 e. The van der Waals surface area contributed by atoms with Gasteiger partial charge >= 0.3 is 0 Å². The molecule has 0 bridgehead atoms. The number of benzene rings is 4. The summed E-state index contributed by atoms with van der Waals surface area (Å²) in [5.74, 6) is 2.02. The number of fused-ring (bicyclic) bond motifs is 4. The SMILES string of the molecule is Cc1nn(-c2ccccc2)c2c1[C@H](c1cccc(Br)c1)N1C(=N2)C(Nc2cc(Cl)cc(Cl)c2)=Nc2ccccc21. The molecule has 0 radical (unpaired) electrons. The minimum atomic E-state index is -0.214. The van der Waals surface area contributed by atoms with Crippen LogP contribution in [0.5, 0.6) is 0 Å². The maximum absolute atomic E-state index is 6.34. The predicted molar refractivity (Wildman–Crippen MR) is 167 cm³/mol. The Kier molecular flexibility index (Phi) is 6.23. The fourth-order valence-corrected chi connectivity index (χ4v) is 6.24. The first-order valence-electron chi connectivity index (χ1n) is 12.7. The van der Waals surface area contributed by atoms with Crippen LogP contribution in [0.4, 0.5) is 22.9 Å². The van der Waals surface area contributed by atoms with Crippen molar-refractivity contribution >= 4 is 73.7 Å². The summed E-state index contributed by atoms with van der Waals surface area (Å²) in [5, 5.41) is 9.49. The van der Waals surface area contributed by atoms with Crippen LogP contribution in [0, 0.1) is 6.92 Å². The van der Waals surface area contributed by atoms with Crippen LogP contribution in [0.15, 0.2) is 112 Å². The topological polar surface area (TPSA) is 57.8 Å². The summed E-state index contributed by atoms with van der Waals surface area (Å²) in [4.78, 5) is 12.5. The lowest BCUT2D eigenvalue weighted by molar-refractivity contribution is 0.815. The van der Waals surface area contributed by atoms with E-state index in [0.717, 1.165) is 49.9 Å². The second-order valence-electron chi connectivity index (χ2n) is 9.57. The lowest BCUT2D eigenvalue weighted by atomic mass is 9.93. The number of anilines is 2. The van der Waals surface area contributed by atoms with E-state index in [0.29, 0.717) is 21.7 Å². The molecule has 5 aromatic rings. The molecule has 4 aromatic carbocycles. The van der Waals surface area contributed by atoms with Gasteiger partial charge < -0.3 is 10.2 Å². The Labute approximate surface area is 249 Å². The van der Waals surface area contributed by atoms with Crippen LogP contribution in [0.3, 0.4) is 0 Å². The fourth-order valence-electron chi connectivity index (χ4n) is 5.30. The summed E-state index contributed by atoms with van der Waals surface area (Å²) in [6.07, 6.45) is 0. The van der Waals surface area contributed by atoms with Crippen LogP contribution in [0.2, 0.25) is 10.0 Å². The first kappa shape index (κ1) is 25.1. The molecule has 0 spiro atoms. The van der Waals surface area contributed by atoms with Crippen molar-refractivity contribution in [1.29, 1.82) is 0 Å². The largest absolute Gasteiger partial charge is 0.337 e. The number of nitrogens with one attached hydrogen (secondary N) is 1. The molecule has 0 amide bonds. The average molecular weight is 628 g/mol. The maximum atomic E-state index is 6.34. The minimum Gasteiger partial charge on any atom is -0.337 e. The summed E-state index contributed by atoms with van der Waals surface area (Å²) in [7, 11) is 0. The van der Waals surface area contributed by atoms with Gasteiger partial charge in [-0.25, -0.2) is 14.7 Å². The standard InChI is InChI=1S/C31H21BrCl2N6/c1-18-27-28(19-8-7-9-20(32)14-19)39-26-13-6-5-12-25(26)36-29(35-23-16-21(33)15-22(34)17-23)31(39)37-30(27)40(38-18)24-10-3-2-4-11-24/h2-17,28H,1H3,(H,35,36)/t28-/m0/s1. The Hall–Kier alpha value is -3.91. The smallest absolute Gasteiger partial charge is 0.179 e. The summed E-state index contributed by atoms with van der Waals surface area (Å²) in [6, 6.07) is 31.7. The predicted octanol–water partition coefficient (Wildman–Crippen LogP) is 9.05. The van der Waals surface area contributed by atoms with Gasteiger partial charge in [-0.2, -0.15) is 5.10 Å². The number of nitrogens with zero attached hydrogens (tertiary/aromatic N) is 5. The molecule has 1 aromatic heterocycles. The highest BCUT2D eigenvalue weighted by Crippen LogP contribution is 2.48. The van der Waals surface area contributed by atoms with Gasteiger partial charge in [-0.05, 0) is 67.1 Å². The van der Waals surface area contributed by atoms with E-state index in [1.165, 1.54) is 0 Å². The molecule has 1 atom stereocenters. The summed E-state index contributed by atoms with van der Waals surface area (Å²) in [5.41, 5.74) is 6.47.